The Kier molecular flexibility index (Phi) is 3.18. The first-order valence-corrected chi connectivity index (χ1v) is 6.66. The number of aliphatic imine (C=N–C) groups is 1. The third kappa shape index (κ3) is 2.05. The van der Waals surface area contributed by atoms with Crippen LogP contribution >= 0.6 is 0 Å². The molecule has 0 atom stereocenters. The maximum atomic E-state index is 11.8. The van der Waals surface area contributed by atoms with E-state index in [-0.39, 0.29) is 12.6 Å². The van der Waals surface area contributed by atoms with Crippen LogP contribution in [0.1, 0.15) is 25.3 Å². The second-order valence-corrected chi connectivity index (χ2v) is 4.75. The number of amidine groups is 1. The van der Waals surface area contributed by atoms with Gasteiger partial charge in [0.05, 0.1) is 7.11 Å². The van der Waals surface area contributed by atoms with Gasteiger partial charge in [-0.2, -0.15) is 0 Å². The number of nitrogens with one attached hydrogen (secondary N) is 1. The van der Waals surface area contributed by atoms with Gasteiger partial charge in [-0.05, 0) is 24.6 Å². The minimum Gasteiger partial charge on any atom is -0.497 e. The van der Waals surface area contributed by atoms with Crippen LogP contribution in [0.5, 0.6) is 5.75 Å². The van der Waals surface area contributed by atoms with E-state index in [1.165, 1.54) is 0 Å². The normalized spacial score (nSPS) is 16.7. The average molecular weight is 272 g/mol. The van der Waals surface area contributed by atoms with Crippen LogP contribution in [0.2, 0.25) is 0 Å². The smallest absolute Gasteiger partial charge is 0.357 e. The molecule has 0 aliphatic carbocycles. The predicted molar refractivity (Wildman–Crippen MR) is 76.8 cm³/mol. The van der Waals surface area contributed by atoms with Crippen LogP contribution in [0.4, 0.5) is 5.69 Å². The number of rotatable bonds is 3. The van der Waals surface area contributed by atoms with Gasteiger partial charge in [0.1, 0.15) is 18.2 Å². The number of esters is 1. The molecule has 0 fully saturated rings. The summed E-state index contributed by atoms with van der Waals surface area (Å²) in [4.78, 5) is 16.3. The van der Waals surface area contributed by atoms with E-state index < -0.39 is 0 Å². The summed E-state index contributed by atoms with van der Waals surface area (Å²) in [6.07, 6.45) is 1.74. The lowest BCUT2D eigenvalue weighted by Gasteiger charge is -2.12. The monoisotopic (exact) mass is 272 g/mol. The number of ether oxygens (including phenoxy) is 2. The minimum atomic E-state index is -0.355. The molecule has 2 aliphatic heterocycles. The van der Waals surface area contributed by atoms with Crippen molar-refractivity contribution in [3.63, 3.8) is 0 Å². The number of fused-ring (bicyclic) bond motifs is 2. The lowest BCUT2D eigenvalue weighted by atomic mass is 10.0. The van der Waals surface area contributed by atoms with Gasteiger partial charge in [-0.1, -0.05) is 6.92 Å². The van der Waals surface area contributed by atoms with E-state index in [1.807, 2.05) is 18.2 Å². The first-order chi connectivity index (χ1) is 9.72. The molecule has 0 saturated carbocycles. The molecule has 0 unspecified atom stereocenters. The molecule has 0 bridgehead atoms. The summed E-state index contributed by atoms with van der Waals surface area (Å²) < 4.78 is 10.4. The van der Waals surface area contributed by atoms with Crippen molar-refractivity contribution in [2.24, 2.45) is 4.99 Å². The largest absolute Gasteiger partial charge is 0.497 e. The highest BCUT2D eigenvalue weighted by atomic mass is 16.5. The number of nitrogens with zero attached hydrogens (tertiary/aromatic N) is 1. The molecular formula is C15H16N2O3. The molecule has 2 aliphatic rings. The number of carbonyl (C=O) groups excluding carboxylic acids is 1. The van der Waals surface area contributed by atoms with Gasteiger partial charge >= 0.3 is 5.97 Å². The summed E-state index contributed by atoms with van der Waals surface area (Å²) in [7, 11) is 1.62. The number of hydrogen-bond donors (Lipinski definition) is 1. The number of methoxy groups -OCH3 is 1. The van der Waals surface area contributed by atoms with Crippen molar-refractivity contribution in [1.29, 1.82) is 0 Å². The SMILES string of the molecule is CCCC1=NC2=C(COC2=O)c2cc(OC)ccc2N1. The van der Waals surface area contributed by atoms with Gasteiger partial charge in [0.2, 0.25) is 0 Å². The highest BCUT2D eigenvalue weighted by Crippen LogP contribution is 2.36. The summed E-state index contributed by atoms with van der Waals surface area (Å²) in [5.74, 6) is 1.18. The zero-order chi connectivity index (χ0) is 14.1. The number of hydrogen-bond acceptors (Lipinski definition) is 5. The van der Waals surface area contributed by atoms with Crippen molar-refractivity contribution in [2.75, 3.05) is 19.0 Å². The molecule has 1 aromatic rings. The molecule has 20 heavy (non-hydrogen) atoms. The maximum absolute atomic E-state index is 11.8. The van der Waals surface area contributed by atoms with E-state index in [4.69, 9.17) is 9.47 Å². The number of anilines is 1. The van der Waals surface area contributed by atoms with E-state index in [1.54, 1.807) is 7.11 Å². The van der Waals surface area contributed by atoms with E-state index in [9.17, 15) is 4.79 Å². The Morgan fingerprint density at radius 3 is 3.05 bits per heavy atom. The molecule has 5 nitrogen and oxygen atoms in total. The maximum Gasteiger partial charge on any atom is 0.357 e. The zero-order valence-electron chi connectivity index (χ0n) is 11.5. The fourth-order valence-corrected chi connectivity index (χ4v) is 2.40. The molecule has 5 heteroatoms. The molecule has 104 valence electrons. The third-order valence-electron chi connectivity index (χ3n) is 3.39. The topological polar surface area (TPSA) is 59.9 Å². The van der Waals surface area contributed by atoms with Crippen LogP contribution in [-0.4, -0.2) is 25.5 Å². The van der Waals surface area contributed by atoms with Gasteiger partial charge in [0.25, 0.3) is 0 Å². The van der Waals surface area contributed by atoms with Crippen molar-refractivity contribution in [3.05, 3.63) is 29.5 Å². The Morgan fingerprint density at radius 1 is 1.45 bits per heavy atom. The highest BCUT2D eigenvalue weighted by molar-refractivity contribution is 6.10. The van der Waals surface area contributed by atoms with Gasteiger partial charge in [-0.3, -0.25) is 0 Å². The first-order valence-electron chi connectivity index (χ1n) is 6.66. The van der Waals surface area contributed by atoms with Crippen LogP contribution in [0.25, 0.3) is 5.57 Å². The molecule has 0 aromatic heterocycles. The fourth-order valence-electron chi connectivity index (χ4n) is 2.40. The Morgan fingerprint density at radius 2 is 2.30 bits per heavy atom. The number of benzene rings is 1. The van der Waals surface area contributed by atoms with Crippen molar-refractivity contribution < 1.29 is 14.3 Å². The minimum absolute atomic E-state index is 0.263. The standard InChI is InChI=1S/C15H16N2O3/c1-3-4-13-16-12-6-5-9(19-2)7-10(12)11-8-20-15(18)14(11)17-13/h5-7H,3-4,8H2,1-2H3,(H,16,17). The van der Waals surface area contributed by atoms with Gasteiger partial charge in [-0.25, -0.2) is 9.79 Å². The molecule has 0 saturated heterocycles. The third-order valence-corrected chi connectivity index (χ3v) is 3.39. The second kappa shape index (κ2) is 5.00. The van der Waals surface area contributed by atoms with Crippen LogP contribution < -0.4 is 10.1 Å². The van der Waals surface area contributed by atoms with Crippen LogP contribution in [0.3, 0.4) is 0 Å². The summed E-state index contributed by atoms with van der Waals surface area (Å²) in [6, 6.07) is 5.74. The Balaban J connectivity index is 2.15. The van der Waals surface area contributed by atoms with Crippen LogP contribution in [0.15, 0.2) is 28.9 Å². The van der Waals surface area contributed by atoms with E-state index in [0.717, 1.165) is 41.3 Å². The Bertz CT molecular complexity index is 632. The van der Waals surface area contributed by atoms with Crippen molar-refractivity contribution in [1.82, 2.24) is 0 Å². The van der Waals surface area contributed by atoms with E-state index in [0.29, 0.717) is 5.70 Å². The summed E-state index contributed by atoms with van der Waals surface area (Å²) in [6.45, 7) is 2.34. The van der Waals surface area contributed by atoms with Crippen LogP contribution in [0, 0.1) is 0 Å². The second-order valence-electron chi connectivity index (χ2n) is 4.75. The fraction of sp³-hybridized carbons (Fsp3) is 0.333. The number of cyclic esters (lactones) is 1. The molecule has 0 radical (unpaired) electrons. The average Bonchev–Trinajstić information content (AvgIpc) is 2.73. The van der Waals surface area contributed by atoms with Crippen molar-refractivity contribution in [3.8, 4) is 5.75 Å². The molecule has 3 rings (SSSR count). The molecule has 0 spiro atoms. The lowest BCUT2D eigenvalue weighted by Crippen LogP contribution is -2.13. The van der Waals surface area contributed by atoms with Gasteiger partial charge in [0.15, 0.2) is 5.70 Å². The first kappa shape index (κ1) is 12.7. The molecular weight excluding hydrogens is 256 g/mol. The quantitative estimate of drug-likeness (QED) is 0.859. The molecule has 2 heterocycles. The lowest BCUT2D eigenvalue weighted by molar-refractivity contribution is -0.135. The van der Waals surface area contributed by atoms with Gasteiger partial charge in [-0.15, -0.1) is 0 Å². The zero-order valence-corrected chi connectivity index (χ0v) is 11.5. The van der Waals surface area contributed by atoms with E-state index >= 15 is 0 Å². The summed E-state index contributed by atoms with van der Waals surface area (Å²) >= 11 is 0. The predicted octanol–water partition coefficient (Wildman–Crippen LogP) is 2.59. The number of carbonyl (C=O) groups is 1. The van der Waals surface area contributed by atoms with E-state index in [2.05, 4.69) is 17.2 Å². The molecule has 1 aromatic carbocycles. The molecule has 1 N–H and O–H groups in total. The Hall–Kier alpha value is -2.30. The van der Waals surface area contributed by atoms with Crippen LogP contribution in [-0.2, 0) is 9.53 Å². The van der Waals surface area contributed by atoms with Crippen molar-refractivity contribution in [2.45, 2.75) is 19.8 Å². The molecule has 0 amide bonds. The van der Waals surface area contributed by atoms with Crippen molar-refractivity contribution >= 4 is 23.1 Å². The van der Waals surface area contributed by atoms with Gasteiger partial charge in [0, 0.05) is 23.2 Å². The summed E-state index contributed by atoms with van der Waals surface area (Å²) in [5.41, 5.74) is 3.08. The highest BCUT2D eigenvalue weighted by Gasteiger charge is 2.30. The summed E-state index contributed by atoms with van der Waals surface area (Å²) in [5, 5.41) is 3.31. The Labute approximate surface area is 117 Å². The van der Waals surface area contributed by atoms with Gasteiger partial charge < -0.3 is 14.8 Å².